The Morgan fingerprint density at radius 1 is 1.62 bits per heavy atom. The number of nitrogens with zero attached hydrogens (tertiary/aromatic N) is 1. The zero-order valence-corrected chi connectivity index (χ0v) is 10.7. The number of carbonyl (C=O) groups is 1. The minimum atomic E-state index is 0.196. The molecule has 2 atom stereocenters. The van der Waals surface area contributed by atoms with Crippen molar-refractivity contribution in [2.24, 2.45) is 0 Å². The molecule has 1 heterocycles. The van der Waals surface area contributed by atoms with E-state index >= 15 is 0 Å². The van der Waals surface area contributed by atoms with Crippen LogP contribution in [0, 0.1) is 0 Å². The zero-order valence-electron chi connectivity index (χ0n) is 10.7. The van der Waals surface area contributed by atoms with Crippen LogP contribution < -0.4 is 5.32 Å². The number of likely N-dealkylation sites (tertiary alicyclic amines) is 1. The van der Waals surface area contributed by atoms with E-state index in [1.54, 1.807) is 7.11 Å². The normalized spacial score (nSPS) is 23.2. The van der Waals surface area contributed by atoms with Gasteiger partial charge in [0.15, 0.2) is 0 Å². The standard InChI is InChI=1S/C12H24N2O2/c1-4-10(2)13-8-12(15)14-7-5-6-11(9-14)16-3/h10-11,13H,4-9H2,1-3H3. The summed E-state index contributed by atoms with van der Waals surface area (Å²) in [6.45, 7) is 6.29. The Kier molecular flexibility index (Phi) is 5.77. The van der Waals surface area contributed by atoms with E-state index in [2.05, 4.69) is 19.2 Å². The number of hydrogen-bond acceptors (Lipinski definition) is 3. The molecule has 4 nitrogen and oxygen atoms in total. The number of carbonyl (C=O) groups excluding carboxylic acids is 1. The van der Waals surface area contributed by atoms with Gasteiger partial charge >= 0.3 is 0 Å². The van der Waals surface area contributed by atoms with Crippen molar-refractivity contribution >= 4 is 5.91 Å². The molecule has 0 aromatic carbocycles. The van der Waals surface area contributed by atoms with Crippen molar-refractivity contribution in [1.29, 1.82) is 0 Å². The lowest BCUT2D eigenvalue weighted by molar-refractivity contribution is -0.133. The summed E-state index contributed by atoms with van der Waals surface area (Å²) in [5.41, 5.74) is 0. The van der Waals surface area contributed by atoms with Gasteiger partial charge in [-0.2, -0.15) is 0 Å². The van der Waals surface area contributed by atoms with E-state index in [1.165, 1.54) is 0 Å². The monoisotopic (exact) mass is 228 g/mol. The van der Waals surface area contributed by atoms with Gasteiger partial charge < -0.3 is 15.0 Å². The first-order valence-corrected chi connectivity index (χ1v) is 6.21. The molecular formula is C12H24N2O2. The van der Waals surface area contributed by atoms with Crippen LogP contribution in [0.1, 0.15) is 33.1 Å². The predicted molar refractivity (Wildman–Crippen MR) is 64.4 cm³/mol. The second-order valence-corrected chi connectivity index (χ2v) is 4.53. The van der Waals surface area contributed by atoms with Crippen molar-refractivity contribution in [1.82, 2.24) is 10.2 Å². The molecule has 0 saturated carbocycles. The lowest BCUT2D eigenvalue weighted by Gasteiger charge is -2.32. The third kappa shape index (κ3) is 4.10. The quantitative estimate of drug-likeness (QED) is 0.763. The summed E-state index contributed by atoms with van der Waals surface area (Å²) >= 11 is 0. The molecule has 0 radical (unpaired) electrons. The fourth-order valence-corrected chi connectivity index (χ4v) is 1.87. The van der Waals surface area contributed by atoms with Crippen LogP contribution in [0.2, 0.25) is 0 Å². The average Bonchev–Trinajstić information content (AvgIpc) is 2.35. The summed E-state index contributed by atoms with van der Waals surface area (Å²) < 4.78 is 5.30. The molecular weight excluding hydrogens is 204 g/mol. The summed E-state index contributed by atoms with van der Waals surface area (Å²) in [6, 6.07) is 0.409. The molecule has 1 N–H and O–H groups in total. The first-order valence-electron chi connectivity index (χ1n) is 6.21. The highest BCUT2D eigenvalue weighted by atomic mass is 16.5. The smallest absolute Gasteiger partial charge is 0.236 e. The Hall–Kier alpha value is -0.610. The maximum Gasteiger partial charge on any atom is 0.236 e. The van der Waals surface area contributed by atoms with Crippen LogP contribution in [0.25, 0.3) is 0 Å². The molecule has 1 amide bonds. The highest BCUT2D eigenvalue weighted by Gasteiger charge is 2.22. The van der Waals surface area contributed by atoms with Gasteiger partial charge in [0, 0.05) is 26.2 Å². The van der Waals surface area contributed by atoms with E-state index in [0.29, 0.717) is 12.6 Å². The van der Waals surface area contributed by atoms with Gasteiger partial charge in [-0.3, -0.25) is 4.79 Å². The second kappa shape index (κ2) is 6.86. The van der Waals surface area contributed by atoms with Gasteiger partial charge in [-0.25, -0.2) is 0 Å². The van der Waals surface area contributed by atoms with Crippen LogP contribution >= 0.6 is 0 Å². The third-order valence-corrected chi connectivity index (χ3v) is 3.28. The van der Waals surface area contributed by atoms with Crippen LogP contribution in [-0.4, -0.2) is 49.7 Å². The first kappa shape index (κ1) is 13.5. The van der Waals surface area contributed by atoms with Gasteiger partial charge in [0.2, 0.25) is 5.91 Å². The van der Waals surface area contributed by atoms with Gasteiger partial charge in [0.1, 0.15) is 0 Å². The minimum absolute atomic E-state index is 0.196. The number of ether oxygens (including phenoxy) is 1. The number of nitrogens with one attached hydrogen (secondary N) is 1. The number of methoxy groups -OCH3 is 1. The van der Waals surface area contributed by atoms with Crippen LogP contribution in [-0.2, 0) is 9.53 Å². The van der Waals surface area contributed by atoms with Crippen molar-refractivity contribution in [3.05, 3.63) is 0 Å². The molecule has 0 aliphatic carbocycles. The Labute approximate surface area is 98.3 Å². The van der Waals surface area contributed by atoms with Crippen molar-refractivity contribution in [3.63, 3.8) is 0 Å². The van der Waals surface area contributed by atoms with E-state index in [1.807, 2.05) is 4.90 Å². The molecule has 16 heavy (non-hydrogen) atoms. The average molecular weight is 228 g/mol. The van der Waals surface area contributed by atoms with E-state index < -0.39 is 0 Å². The number of hydrogen-bond donors (Lipinski definition) is 1. The molecule has 2 unspecified atom stereocenters. The van der Waals surface area contributed by atoms with Crippen molar-refractivity contribution < 1.29 is 9.53 Å². The number of rotatable bonds is 5. The molecule has 0 aromatic rings. The van der Waals surface area contributed by atoms with Crippen LogP contribution in [0.3, 0.4) is 0 Å². The van der Waals surface area contributed by atoms with Gasteiger partial charge in [0.25, 0.3) is 0 Å². The number of piperidine rings is 1. The van der Waals surface area contributed by atoms with E-state index in [0.717, 1.165) is 32.4 Å². The minimum Gasteiger partial charge on any atom is -0.380 e. The van der Waals surface area contributed by atoms with Gasteiger partial charge in [-0.15, -0.1) is 0 Å². The SMILES string of the molecule is CCC(C)NCC(=O)N1CCCC(OC)C1. The fourth-order valence-electron chi connectivity index (χ4n) is 1.87. The molecule has 0 spiro atoms. The third-order valence-electron chi connectivity index (χ3n) is 3.28. The fraction of sp³-hybridized carbons (Fsp3) is 0.917. The highest BCUT2D eigenvalue weighted by molar-refractivity contribution is 5.78. The summed E-state index contributed by atoms with van der Waals surface area (Å²) in [6.07, 6.45) is 3.39. The molecule has 0 bridgehead atoms. The highest BCUT2D eigenvalue weighted by Crippen LogP contribution is 2.12. The predicted octanol–water partition coefficient (Wildman–Crippen LogP) is 1.01. The molecule has 1 aliphatic heterocycles. The Morgan fingerprint density at radius 3 is 3.00 bits per heavy atom. The summed E-state index contributed by atoms with van der Waals surface area (Å²) in [5, 5.41) is 3.23. The maximum atomic E-state index is 11.9. The summed E-state index contributed by atoms with van der Waals surface area (Å²) in [4.78, 5) is 13.8. The lowest BCUT2D eigenvalue weighted by atomic mass is 10.1. The largest absolute Gasteiger partial charge is 0.380 e. The van der Waals surface area contributed by atoms with Crippen LogP contribution in [0.4, 0.5) is 0 Å². The number of amides is 1. The Morgan fingerprint density at radius 2 is 2.38 bits per heavy atom. The second-order valence-electron chi connectivity index (χ2n) is 4.53. The Balaban J connectivity index is 2.30. The zero-order chi connectivity index (χ0) is 12.0. The first-order chi connectivity index (χ1) is 7.67. The molecule has 1 rings (SSSR count). The molecule has 1 aliphatic rings. The van der Waals surface area contributed by atoms with Crippen molar-refractivity contribution in [2.45, 2.75) is 45.3 Å². The molecule has 0 aromatic heterocycles. The lowest BCUT2D eigenvalue weighted by Crippen LogP contribution is -2.47. The molecule has 1 fully saturated rings. The summed E-state index contributed by atoms with van der Waals surface area (Å²) in [5.74, 6) is 0.196. The van der Waals surface area contributed by atoms with Crippen LogP contribution in [0.15, 0.2) is 0 Å². The van der Waals surface area contributed by atoms with Crippen molar-refractivity contribution in [2.75, 3.05) is 26.7 Å². The van der Waals surface area contributed by atoms with Gasteiger partial charge in [-0.1, -0.05) is 6.92 Å². The molecule has 1 saturated heterocycles. The van der Waals surface area contributed by atoms with E-state index in [9.17, 15) is 4.79 Å². The topological polar surface area (TPSA) is 41.6 Å². The van der Waals surface area contributed by atoms with Crippen LogP contribution in [0.5, 0.6) is 0 Å². The molecule has 94 valence electrons. The molecule has 4 heteroatoms. The Bertz CT molecular complexity index is 221. The summed E-state index contributed by atoms with van der Waals surface area (Å²) in [7, 11) is 1.72. The van der Waals surface area contributed by atoms with Crippen molar-refractivity contribution in [3.8, 4) is 0 Å². The van der Waals surface area contributed by atoms with Gasteiger partial charge in [0.05, 0.1) is 12.6 Å². The van der Waals surface area contributed by atoms with E-state index in [4.69, 9.17) is 4.74 Å². The van der Waals surface area contributed by atoms with E-state index in [-0.39, 0.29) is 12.0 Å². The maximum absolute atomic E-state index is 11.9. The van der Waals surface area contributed by atoms with Gasteiger partial charge in [-0.05, 0) is 26.2 Å².